The molecule has 1 unspecified atom stereocenters. The van der Waals surface area contributed by atoms with Crippen molar-refractivity contribution in [2.45, 2.75) is 71.8 Å². The molecule has 6 nitrogen and oxygen atoms in total. The summed E-state index contributed by atoms with van der Waals surface area (Å²) in [7, 11) is 1.45. The van der Waals surface area contributed by atoms with Crippen molar-refractivity contribution in [3.05, 3.63) is 76.4 Å². The predicted octanol–water partition coefficient (Wildman–Crippen LogP) is 8.84. The van der Waals surface area contributed by atoms with E-state index in [4.69, 9.17) is 25.5 Å². The van der Waals surface area contributed by atoms with E-state index in [0.717, 1.165) is 67.5 Å². The first-order valence-electron chi connectivity index (χ1n) is 14.0. The molecule has 0 radical (unpaired) electrons. The first-order valence-corrected chi connectivity index (χ1v) is 17.3. The van der Waals surface area contributed by atoms with Gasteiger partial charge in [0.2, 0.25) is 0 Å². The number of nitrogens with zero attached hydrogens (tertiary/aromatic N) is 2. The Kier molecular flexibility index (Phi) is 9.31. The van der Waals surface area contributed by atoms with Gasteiger partial charge in [0.25, 0.3) is 0 Å². The van der Waals surface area contributed by atoms with E-state index in [2.05, 4.69) is 92.7 Å². The number of aromatic nitrogens is 2. The van der Waals surface area contributed by atoms with Gasteiger partial charge in [-0.1, -0.05) is 50.6 Å². The number of fused-ring (bicyclic) bond motifs is 1. The number of anilines is 1. The van der Waals surface area contributed by atoms with Gasteiger partial charge < -0.3 is 19.2 Å². The van der Waals surface area contributed by atoms with Crippen LogP contribution in [0.1, 0.15) is 44.5 Å². The maximum absolute atomic E-state index is 6.81. The molecule has 0 fully saturated rings. The number of hydrogen-bond acceptors (Lipinski definition) is 6. The zero-order valence-electron chi connectivity index (χ0n) is 25.7. The smallest absolute Gasteiger partial charge is 0.192 e. The molecule has 1 atom stereocenters. The molecule has 1 N–H and O–H groups in total. The van der Waals surface area contributed by atoms with Crippen molar-refractivity contribution in [1.82, 2.24) is 10.2 Å². The number of hydrogen-bond donors (Lipinski definition) is 1. The molecule has 0 aliphatic rings. The van der Waals surface area contributed by atoms with Crippen LogP contribution < -0.4 is 14.8 Å². The van der Waals surface area contributed by atoms with E-state index >= 15 is 0 Å². The van der Waals surface area contributed by atoms with Gasteiger partial charge >= 0.3 is 0 Å². The second-order valence-electron chi connectivity index (χ2n) is 12.1. The van der Waals surface area contributed by atoms with Crippen LogP contribution in [0.25, 0.3) is 21.9 Å². The third kappa shape index (κ3) is 7.03. The van der Waals surface area contributed by atoms with Crippen molar-refractivity contribution < 1.29 is 13.9 Å². The first-order chi connectivity index (χ1) is 19.3. The lowest BCUT2D eigenvalue weighted by molar-refractivity contribution is 0.199. The van der Waals surface area contributed by atoms with Crippen LogP contribution in [0, 0.1) is 6.92 Å². The Morgan fingerprint density at radius 1 is 0.878 bits per heavy atom. The van der Waals surface area contributed by atoms with Gasteiger partial charge in [0, 0.05) is 40.1 Å². The van der Waals surface area contributed by atoms with Crippen LogP contribution in [-0.2, 0) is 17.4 Å². The Balaban J connectivity index is 1.54. The predicted molar refractivity (Wildman–Crippen MR) is 173 cm³/mol. The fourth-order valence-electron chi connectivity index (χ4n) is 4.69. The Morgan fingerprint density at radius 3 is 2.22 bits per heavy atom. The molecule has 0 bridgehead atoms. The van der Waals surface area contributed by atoms with Crippen molar-refractivity contribution in [1.29, 1.82) is 0 Å². The lowest BCUT2D eigenvalue weighted by atomic mass is 9.99. The molecule has 218 valence electrons. The van der Waals surface area contributed by atoms with E-state index in [-0.39, 0.29) is 11.1 Å². The van der Waals surface area contributed by atoms with Crippen LogP contribution in [0.4, 0.5) is 5.82 Å². The largest absolute Gasteiger partial charge is 0.497 e. The summed E-state index contributed by atoms with van der Waals surface area (Å²) in [6, 6.07) is 18.5. The van der Waals surface area contributed by atoms with Crippen LogP contribution in [0.15, 0.2) is 54.6 Å². The van der Waals surface area contributed by atoms with Crippen LogP contribution in [0.5, 0.6) is 11.5 Å². The molecule has 8 heteroatoms. The molecule has 0 aliphatic heterocycles. The summed E-state index contributed by atoms with van der Waals surface area (Å²) in [6.07, 6.45) is 0.886. The highest BCUT2D eigenvalue weighted by Crippen LogP contribution is 2.38. The molecule has 3 aromatic carbocycles. The van der Waals surface area contributed by atoms with Crippen LogP contribution in [-0.4, -0.2) is 38.8 Å². The monoisotopic (exact) mass is 591 g/mol. The Bertz CT molecular complexity index is 1530. The highest BCUT2D eigenvalue weighted by Gasteiger charge is 2.38. The summed E-state index contributed by atoms with van der Waals surface area (Å²) in [6.45, 7) is 16.0. The lowest BCUT2D eigenvalue weighted by Gasteiger charge is -2.38. The lowest BCUT2D eigenvalue weighted by Crippen LogP contribution is -2.43. The number of ether oxygens (including phenoxy) is 2. The summed E-state index contributed by atoms with van der Waals surface area (Å²) in [5.74, 6) is 2.23. The third-order valence-corrected chi connectivity index (χ3v) is 13.1. The number of benzene rings is 3. The number of rotatable bonds is 10. The van der Waals surface area contributed by atoms with Crippen LogP contribution in [0.2, 0.25) is 23.2 Å². The van der Waals surface area contributed by atoms with E-state index in [1.54, 1.807) is 14.2 Å². The average Bonchev–Trinajstić information content (AvgIpc) is 2.92. The molecule has 0 amide bonds. The summed E-state index contributed by atoms with van der Waals surface area (Å²) in [4.78, 5) is 0. The highest BCUT2D eigenvalue weighted by molar-refractivity contribution is 6.74. The third-order valence-electron chi connectivity index (χ3n) is 8.10. The van der Waals surface area contributed by atoms with Gasteiger partial charge in [-0.15, -0.1) is 5.10 Å². The van der Waals surface area contributed by atoms with Crippen LogP contribution in [0.3, 0.4) is 0 Å². The fourth-order valence-corrected chi connectivity index (χ4v) is 6.39. The zero-order valence-corrected chi connectivity index (χ0v) is 27.4. The quantitative estimate of drug-likeness (QED) is 0.186. The van der Waals surface area contributed by atoms with Crippen LogP contribution >= 0.6 is 11.6 Å². The minimum absolute atomic E-state index is 0.102. The summed E-state index contributed by atoms with van der Waals surface area (Å²) in [5.41, 5.74) is 5.11. The Hall–Kier alpha value is -3.13. The Morgan fingerprint density at radius 2 is 1.56 bits per heavy atom. The summed E-state index contributed by atoms with van der Waals surface area (Å²) >= 11 is 6.81. The van der Waals surface area contributed by atoms with Crippen molar-refractivity contribution in [3.63, 3.8) is 0 Å². The molecule has 0 saturated carbocycles. The van der Waals surface area contributed by atoms with E-state index in [1.165, 1.54) is 0 Å². The Labute approximate surface area is 250 Å². The SMILES string of the molecule is COc1ccc(CNc2nnc(C)c3cc(-c4ccc(CC(C)O[Si](C)(C)C(C)(C)C)c(Cl)c4)ccc23)c(OC)c1. The fraction of sp³-hybridized carbons (Fsp3) is 0.394. The maximum atomic E-state index is 6.81. The molecule has 4 rings (SSSR count). The van der Waals surface area contributed by atoms with Gasteiger partial charge in [-0.2, -0.15) is 5.10 Å². The van der Waals surface area contributed by atoms with Crippen molar-refractivity contribution >= 4 is 36.5 Å². The molecule has 41 heavy (non-hydrogen) atoms. The standard InChI is InChI=1S/C33H42ClN3O3Si/c1-21(40-41(8,9)33(3,4)5)16-25-11-10-24(18-30(25)34)23-13-15-28-29(17-23)22(2)36-37-32(28)35-20-26-12-14-27(38-6)19-31(26)39-7/h10-15,17-19,21H,16,20H2,1-9H3,(H,35,37). The number of methoxy groups -OCH3 is 2. The van der Waals surface area contributed by atoms with Crippen molar-refractivity contribution in [2.75, 3.05) is 19.5 Å². The molecule has 0 spiro atoms. The second-order valence-corrected chi connectivity index (χ2v) is 17.3. The van der Waals surface area contributed by atoms with Gasteiger partial charge in [-0.05, 0) is 85.4 Å². The van der Waals surface area contributed by atoms with Gasteiger partial charge in [-0.3, -0.25) is 0 Å². The molecule has 0 aliphatic carbocycles. The highest BCUT2D eigenvalue weighted by atomic mass is 35.5. The second kappa shape index (κ2) is 12.4. The van der Waals surface area contributed by atoms with Gasteiger partial charge in [0.15, 0.2) is 14.1 Å². The molecular weight excluding hydrogens is 550 g/mol. The van der Waals surface area contributed by atoms with Crippen molar-refractivity contribution in [3.8, 4) is 22.6 Å². The van der Waals surface area contributed by atoms with E-state index in [9.17, 15) is 0 Å². The molecule has 0 saturated heterocycles. The minimum Gasteiger partial charge on any atom is -0.497 e. The van der Waals surface area contributed by atoms with Crippen molar-refractivity contribution in [2.24, 2.45) is 0 Å². The van der Waals surface area contributed by atoms with Gasteiger partial charge in [0.05, 0.1) is 19.9 Å². The number of nitrogens with one attached hydrogen (secondary N) is 1. The zero-order chi connectivity index (χ0) is 29.9. The molecule has 1 heterocycles. The maximum Gasteiger partial charge on any atom is 0.192 e. The summed E-state index contributed by atoms with van der Waals surface area (Å²) in [5, 5.41) is 15.3. The average molecular weight is 592 g/mol. The van der Waals surface area contributed by atoms with E-state index in [1.807, 2.05) is 25.1 Å². The number of halogens is 1. The molecule has 1 aromatic heterocycles. The topological polar surface area (TPSA) is 65.5 Å². The first kappa shape index (κ1) is 30.8. The number of aryl methyl sites for hydroxylation is 1. The molecule has 4 aromatic rings. The normalized spacial score (nSPS) is 12.8. The van der Waals surface area contributed by atoms with Gasteiger partial charge in [0.1, 0.15) is 11.5 Å². The molecular formula is C33H42ClN3O3Si. The van der Waals surface area contributed by atoms with E-state index in [0.29, 0.717) is 6.54 Å². The minimum atomic E-state index is -1.84. The van der Waals surface area contributed by atoms with E-state index < -0.39 is 8.32 Å². The van der Waals surface area contributed by atoms with Gasteiger partial charge in [-0.25, -0.2) is 0 Å². The summed E-state index contributed by atoms with van der Waals surface area (Å²) < 4.78 is 17.4.